The number of nitrogens with zero attached hydrogens (tertiary/aromatic N) is 1. The molecular weight excluding hydrogens is 422 g/mol. The van der Waals surface area contributed by atoms with E-state index in [0.717, 1.165) is 22.0 Å². The summed E-state index contributed by atoms with van der Waals surface area (Å²) in [7, 11) is 1.62. The lowest BCUT2D eigenvalue weighted by Gasteiger charge is -2.17. The number of carboxylic acids is 1. The van der Waals surface area contributed by atoms with Crippen LogP contribution in [0.25, 0.3) is 10.9 Å². The number of pyridine rings is 1. The predicted octanol–water partition coefficient (Wildman–Crippen LogP) is 4.83. The predicted molar refractivity (Wildman–Crippen MR) is 125 cm³/mol. The van der Waals surface area contributed by atoms with Gasteiger partial charge in [-0.2, -0.15) is 0 Å². The van der Waals surface area contributed by atoms with Crippen molar-refractivity contribution < 1.29 is 28.9 Å². The Bertz CT molecular complexity index is 1120. The topological polar surface area (TPSA) is 95.0 Å². The quantitative estimate of drug-likeness (QED) is 0.417. The summed E-state index contributed by atoms with van der Waals surface area (Å²) in [6.07, 6.45) is 2.07. The molecule has 0 saturated heterocycles. The smallest absolute Gasteiger partial charge is 0.314 e. The van der Waals surface area contributed by atoms with Crippen LogP contribution in [0.3, 0.4) is 0 Å². The van der Waals surface area contributed by atoms with Gasteiger partial charge >= 0.3 is 5.97 Å². The van der Waals surface area contributed by atoms with Gasteiger partial charge in [0.1, 0.15) is 35.6 Å². The van der Waals surface area contributed by atoms with Gasteiger partial charge in [-0.1, -0.05) is 19.1 Å². The lowest BCUT2D eigenvalue weighted by atomic mass is 9.94. The highest BCUT2D eigenvalue weighted by molar-refractivity contribution is 5.98. The van der Waals surface area contributed by atoms with E-state index in [1.807, 2.05) is 32.0 Å². The van der Waals surface area contributed by atoms with Crippen molar-refractivity contribution in [1.29, 1.82) is 0 Å². The number of carbonyl (C=O) groups excluding carboxylic acids is 1. The number of Topliss-reactive ketones (excluding diaryl/α,β-unsaturated/α-hetero) is 1. The van der Waals surface area contributed by atoms with Crippen molar-refractivity contribution in [3.8, 4) is 17.2 Å². The third-order valence-corrected chi connectivity index (χ3v) is 5.25. The van der Waals surface area contributed by atoms with Crippen molar-refractivity contribution in [3.63, 3.8) is 0 Å². The molecule has 2 aromatic carbocycles. The Hall–Kier alpha value is -3.61. The number of aromatic nitrogens is 1. The van der Waals surface area contributed by atoms with Crippen molar-refractivity contribution in [2.24, 2.45) is 5.92 Å². The Labute approximate surface area is 193 Å². The van der Waals surface area contributed by atoms with E-state index >= 15 is 0 Å². The second kappa shape index (κ2) is 10.8. The number of fused-ring (bicyclic) bond motifs is 1. The fourth-order valence-corrected chi connectivity index (χ4v) is 3.50. The van der Waals surface area contributed by atoms with Crippen molar-refractivity contribution >= 4 is 22.7 Å². The normalized spacial score (nSPS) is 11.9. The zero-order valence-electron chi connectivity index (χ0n) is 19.3. The van der Waals surface area contributed by atoms with E-state index in [4.69, 9.17) is 14.2 Å². The summed E-state index contributed by atoms with van der Waals surface area (Å²) in [5.74, 6) is -0.367. The Morgan fingerprint density at radius 2 is 1.76 bits per heavy atom. The fourth-order valence-electron chi connectivity index (χ4n) is 3.50. The highest BCUT2D eigenvalue weighted by Gasteiger charge is 2.24. The van der Waals surface area contributed by atoms with Gasteiger partial charge in [-0.3, -0.25) is 14.6 Å². The fraction of sp³-hybridized carbons (Fsp3) is 0.346. The Kier molecular flexibility index (Phi) is 7.87. The molecule has 0 amide bonds. The molecule has 0 radical (unpaired) electrons. The molecule has 1 aromatic heterocycles. The number of hydrogen-bond acceptors (Lipinski definition) is 6. The molecule has 0 spiro atoms. The molecule has 33 heavy (non-hydrogen) atoms. The van der Waals surface area contributed by atoms with Gasteiger partial charge in [0.2, 0.25) is 0 Å². The van der Waals surface area contributed by atoms with Gasteiger partial charge in [0, 0.05) is 18.0 Å². The number of aliphatic carboxylic acids is 1. The number of ketones is 1. The molecule has 0 saturated carbocycles. The summed E-state index contributed by atoms with van der Waals surface area (Å²) in [6.45, 7) is 5.84. The minimum absolute atomic E-state index is 0.0344. The molecule has 1 unspecified atom stereocenters. The average molecular weight is 452 g/mol. The minimum Gasteiger partial charge on any atom is -0.497 e. The van der Waals surface area contributed by atoms with Gasteiger partial charge in [0.25, 0.3) is 0 Å². The van der Waals surface area contributed by atoms with Crippen molar-refractivity contribution in [3.05, 3.63) is 59.8 Å². The van der Waals surface area contributed by atoms with Crippen molar-refractivity contribution in [2.45, 2.75) is 46.3 Å². The lowest BCUT2D eigenvalue weighted by molar-refractivity contribution is -0.146. The number of rotatable bonds is 11. The monoisotopic (exact) mass is 451 g/mol. The first-order valence-electron chi connectivity index (χ1n) is 10.9. The SMILES string of the molecule is CCC(=O)C(Cc1ccc(OCc2cnc3ccc(OC)cc3c2OC(C)C)cc1)C(=O)O. The molecule has 1 heterocycles. The lowest BCUT2D eigenvalue weighted by Crippen LogP contribution is -2.25. The van der Waals surface area contributed by atoms with Crippen molar-refractivity contribution in [1.82, 2.24) is 4.98 Å². The van der Waals surface area contributed by atoms with E-state index in [1.54, 1.807) is 44.5 Å². The van der Waals surface area contributed by atoms with E-state index in [2.05, 4.69) is 4.98 Å². The molecule has 3 aromatic rings. The molecule has 0 aliphatic rings. The van der Waals surface area contributed by atoms with Crippen LogP contribution in [0, 0.1) is 5.92 Å². The number of ether oxygens (including phenoxy) is 3. The first kappa shape index (κ1) is 24.0. The molecule has 7 nitrogen and oxygen atoms in total. The largest absolute Gasteiger partial charge is 0.497 e. The van der Waals surface area contributed by atoms with Crippen LogP contribution in [0.15, 0.2) is 48.7 Å². The highest BCUT2D eigenvalue weighted by atomic mass is 16.5. The summed E-state index contributed by atoms with van der Waals surface area (Å²) in [5, 5.41) is 10.2. The summed E-state index contributed by atoms with van der Waals surface area (Å²) >= 11 is 0. The van der Waals surface area contributed by atoms with Crippen LogP contribution in [-0.4, -0.2) is 35.1 Å². The minimum atomic E-state index is -1.10. The average Bonchev–Trinajstić information content (AvgIpc) is 2.81. The number of carboxylic acid groups (broad SMARTS) is 1. The van der Waals surface area contributed by atoms with E-state index in [-0.39, 0.29) is 31.3 Å². The Morgan fingerprint density at radius 1 is 1.06 bits per heavy atom. The van der Waals surface area contributed by atoms with Crippen LogP contribution < -0.4 is 14.2 Å². The summed E-state index contributed by atoms with van der Waals surface area (Å²) in [5.41, 5.74) is 2.36. The first-order valence-corrected chi connectivity index (χ1v) is 10.9. The van der Waals surface area contributed by atoms with Crippen LogP contribution in [0.5, 0.6) is 17.2 Å². The van der Waals surface area contributed by atoms with Gasteiger partial charge in [-0.15, -0.1) is 0 Å². The Balaban J connectivity index is 1.78. The Morgan fingerprint density at radius 3 is 2.36 bits per heavy atom. The zero-order valence-corrected chi connectivity index (χ0v) is 19.3. The van der Waals surface area contributed by atoms with Gasteiger partial charge < -0.3 is 19.3 Å². The summed E-state index contributed by atoms with van der Waals surface area (Å²) in [4.78, 5) is 27.8. The molecule has 0 bridgehead atoms. The number of hydrogen-bond donors (Lipinski definition) is 1. The van der Waals surface area contributed by atoms with Gasteiger partial charge in [-0.25, -0.2) is 0 Å². The van der Waals surface area contributed by atoms with E-state index in [0.29, 0.717) is 17.2 Å². The molecule has 7 heteroatoms. The molecule has 1 atom stereocenters. The van der Waals surface area contributed by atoms with E-state index in [1.165, 1.54) is 0 Å². The second-order valence-corrected chi connectivity index (χ2v) is 8.01. The van der Waals surface area contributed by atoms with Gasteiger partial charge in [0.15, 0.2) is 0 Å². The third kappa shape index (κ3) is 6.00. The molecule has 0 aliphatic heterocycles. The van der Waals surface area contributed by atoms with Crippen LogP contribution in [0.1, 0.15) is 38.3 Å². The first-order chi connectivity index (χ1) is 15.8. The van der Waals surface area contributed by atoms with Crippen LogP contribution in [0.4, 0.5) is 0 Å². The maximum Gasteiger partial charge on any atom is 0.314 e. The zero-order chi connectivity index (χ0) is 24.0. The van der Waals surface area contributed by atoms with Crippen LogP contribution in [-0.2, 0) is 22.6 Å². The molecule has 3 rings (SSSR count). The standard InChI is InChI=1S/C26H29NO6/c1-5-24(28)22(26(29)30)12-17-6-8-19(9-7-17)32-15-18-14-27-23-11-10-20(31-4)13-21(23)25(18)33-16(2)3/h6-11,13-14,16,22H,5,12,15H2,1-4H3,(H,29,30). The van der Waals surface area contributed by atoms with Crippen LogP contribution in [0.2, 0.25) is 0 Å². The molecule has 0 aliphatic carbocycles. The van der Waals surface area contributed by atoms with Crippen LogP contribution >= 0.6 is 0 Å². The molecule has 174 valence electrons. The summed E-state index contributed by atoms with van der Waals surface area (Å²) < 4.78 is 17.4. The van der Waals surface area contributed by atoms with Crippen molar-refractivity contribution in [2.75, 3.05) is 7.11 Å². The summed E-state index contributed by atoms with van der Waals surface area (Å²) in [6, 6.07) is 12.7. The number of benzene rings is 2. The highest BCUT2D eigenvalue weighted by Crippen LogP contribution is 2.33. The second-order valence-electron chi connectivity index (χ2n) is 8.01. The van der Waals surface area contributed by atoms with E-state index in [9.17, 15) is 14.7 Å². The maximum absolute atomic E-state index is 11.9. The molecule has 0 fully saturated rings. The number of methoxy groups -OCH3 is 1. The van der Waals surface area contributed by atoms with Gasteiger partial charge in [-0.05, 0) is 56.2 Å². The van der Waals surface area contributed by atoms with Gasteiger partial charge in [0.05, 0.1) is 24.3 Å². The third-order valence-electron chi connectivity index (χ3n) is 5.25. The molecule has 1 N–H and O–H groups in total. The maximum atomic E-state index is 11.9. The number of carbonyl (C=O) groups is 2. The van der Waals surface area contributed by atoms with E-state index < -0.39 is 11.9 Å². The molecular formula is C26H29NO6.